The molecule has 2 rings (SSSR count). The minimum absolute atomic E-state index is 0.0465. The molecule has 0 saturated carbocycles. The second-order valence-electron chi connectivity index (χ2n) is 3.77. The number of hydrogen-bond acceptors (Lipinski definition) is 4. The van der Waals surface area contributed by atoms with Crippen LogP contribution in [-0.4, -0.2) is 28.8 Å². The largest absolute Gasteiger partial charge is 0.388 e. The van der Waals surface area contributed by atoms with Gasteiger partial charge in [0.2, 0.25) is 0 Å². The fourth-order valence-electron chi connectivity index (χ4n) is 1.57. The van der Waals surface area contributed by atoms with Gasteiger partial charge in [0.05, 0.1) is 6.33 Å². The number of hydrogen-bond donors (Lipinski definition) is 4. The van der Waals surface area contributed by atoms with E-state index in [4.69, 9.17) is 5.73 Å². The van der Waals surface area contributed by atoms with Crippen LogP contribution in [0.3, 0.4) is 0 Å². The van der Waals surface area contributed by atoms with Crippen LogP contribution in [0.4, 0.5) is 11.4 Å². The van der Waals surface area contributed by atoms with Crippen LogP contribution < -0.4 is 16.4 Å². The van der Waals surface area contributed by atoms with Gasteiger partial charge in [-0.2, -0.15) is 0 Å². The zero-order valence-corrected chi connectivity index (χ0v) is 10.2. The van der Waals surface area contributed by atoms with Crippen LogP contribution in [0.5, 0.6) is 0 Å². The lowest BCUT2D eigenvalue weighted by Crippen LogP contribution is -2.20. The summed E-state index contributed by atoms with van der Waals surface area (Å²) in [6, 6.07) is 7.11. The van der Waals surface area contributed by atoms with Crippen molar-refractivity contribution in [2.45, 2.75) is 0 Å². The standard InChI is InChI=1S/C12H13N5O2/c1-14-7-2-4-8(5-3-7)17-12(19)10-9(11(13)18)15-6-16-10/h2-6,14H,1H3,(H2,13,18)(H,15,16)(H,17,19). The van der Waals surface area contributed by atoms with Gasteiger partial charge in [0.15, 0.2) is 5.69 Å². The number of aromatic nitrogens is 2. The third-order valence-corrected chi connectivity index (χ3v) is 2.53. The highest BCUT2D eigenvalue weighted by Crippen LogP contribution is 2.14. The number of H-pyrrole nitrogens is 1. The molecule has 0 radical (unpaired) electrons. The number of anilines is 2. The number of amides is 2. The number of benzene rings is 1. The molecule has 98 valence electrons. The summed E-state index contributed by atoms with van der Waals surface area (Å²) in [6.45, 7) is 0. The number of nitrogens with one attached hydrogen (secondary N) is 3. The molecular formula is C12H13N5O2. The Morgan fingerprint density at radius 1 is 1.21 bits per heavy atom. The van der Waals surface area contributed by atoms with Crippen molar-refractivity contribution in [3.05, 3.63) is 42.0 Å². The Morgan fingerprint density at radius 2 is 1.84 bits per heavy atom. The third-order valence-electron chi connectivity index (χ3n) is 2.53. The molecule has 0 aliphatic carbocycles. The van der Waals surface area contributed by atoms with Crippen LogP contribution in [0.2, 0.25) is 0 Å². The van der Waals surface area contributed by atoms with Gasteiger partial charge < -0.3 is 21.4 Å². The molecule has 0 spiro atoms. The van der Waals surface area contributed by atoms with Crippen molar-refractivity contribution in [3.8, 4) is 0 Å². The van der Waals surface area contributed by atoms with Crippen molar-refractivity contribution in [1.82, 2.24) is 9.97 Å². The number of rotatable bonds is 4. The normalized spacial score (nSPS) is 9.95. The first kappa shape index (κ1) is 12.6. The van der Waals surface area contributed by atoms with Gasteiger partial charge in [-0.15, -0.1) is 0 Å². The zero-order valence-electron chi connectivity index (χ0n) is 10.2. The topological polar surface area (TPSA) is 113 Å². The molecule has 0 unspecified atom stereocenters. The molecule has 19 heavy (non-hydrogen) atoms. The number of nitrogens with zero attached hydrogens (tertiary/aromatic N) is 1. The number of carbonyl (C=O) groups excluding carboxylic acids is 2. The molecule has 0 aliphatic heterocycles. The second-order valence-corrected chi connectivity index (χ2v) is 3.77. The Balaban J connectivity index is 2.16. The highest BCUT2D eigenvalue weighted by Gasteiger charge is 2.18. The van der Waals surface area contributed by atoms with Crippen LogP contribution in [0.1, 0.15) is 21.0 Å². The average molecular weight is 259 g/mol. The summed E-state index contributed by atoms with van der Waals surface area (Å²) in [4.78, 5) is 29.3. The molecule has 2 aromatic rings. The SMILES string of the molecule is CNc1ccc(NC(=O)c2[nH]cnc2C(N)=O)cc1. The Bertz CT molecular complexity index is 603. The van der Waals surface area contributed by atoms with Crippen molar-refractivity contribution in [3.63, 3.8) is 0 Å². The molecule has 7 heteroatoms. The third kappa shape index (κ3) is 2.71. The van der Waals surface area contributed by atoms with Gasteiger partial charge in [-0.25, -0.2) is 4.98 Å². The van der Waals surface area contributed by atoms with E-state index < -0.39 is 11.8 Å². The van der Waals surface area contributed by atoms with Gasteiger partial charge in [0.1, 0.15) is 5.69 Å². The van der Waals surface area contributed by atoms with E-state index in [9.17, 15) is 9.59 Å². The van der Waals surface area contributed by atoms with Crippen LogP contribution in [-0.2, 0) is 0 Å². The fraction of sp³-hybridized carbons (Fsp3) is 0.0833. The van der Waals surface area contributed by atoms with Crippen LogP contribution in [0.15, 0.2) is 30.6 Å². The first-order chi connectivity index (χ1) is 9.11. The summed E-state index contributed by atoms with van der Waals surface area (Å²) >= 11 is 0. The summed E-state index contributed by atoms with van der Waals surface area (Å²) < 4.78 is 0. The molecule has 0 bridgehead atoms. The lowest BCUT2D eigenvalue weighted by atomic mass is 10.2. The Kier molecular flexibility index (Phi) is 3.46. The molecular weight excluding hydrogens is 246 g/mol. The van der Waals surface area contributed by atoms with E-state index in [2.05, 4.69) is 20.6 Å². The molecule has 2 amide bonds. The van der Waals surface area contributed by atoms with E-state index in [-0.39, 0.29) is 11.4 Å². The van der Waals surface area contributed by atoms with Crippen molar-refractivity contribution in [2.24, 2.45) is 5.73 Å². The number of imidazole rings is 1. The molecule has 7 nitrogen and oxygen atoms in total. The van der Waals surface area contributed by atoms with Crippen molar-refractivity contribution < 1.29 is 9.59 Å². The van der Waals surface area contributed by atoms with E-state index in [1.54, 1.807) is 19.2 Å². The van der Waals surface area contributed by atoms with Gasteiger partial charge >= 0.3 is 0 Å². The van der Waals surface area contributed by atoms with Gasteiger partial charge in [0.25, 0.3) is 11.8 Å². The van der Waals surface area contributed by atoms with E-state index >= 15 is 0 Å². The Labute approximate surface area is 109 Å². The highest BCUT2D eigenvalue weighted by atomic mass is 16.2. The maximum atomic E-state index is 11.9. The molecule has 1 aromatic heterocycles. The molecule has 0 aliphatic rings. The summed E-state index contributed by atoms with van der Waals surface area (Å²) in [6.07, 6.45) is 1.25. The molecule has 5 N–H and O–H groups in total. The van der Waals surface area contributed by atoms with Gasteiger partial charge in [-0.3, -0.25) is 9.59 Å². The summed E-state index contributed by atoms with van der Waals surface area (Å²) in [5, 5.41) is 5.61. The average Bonchev–Trinajstić information content (AvgIpc) is 2.89. The first-order valence-corrected chi connectivity index (χ1v) is 5.54. The summed E-state index contributed by atoms with van der Waals surface area (Å²) in [7, 11) is 1.80. The van der Waals surface area contributed by atoms with Gasteiger partial charge in [0, 0.05) is 18.4 Å². The van der Waals surface area contributed by atoms with Crippen molar-refractivity contribution >= 4 is 23.2 Å². The van der Waals surface area contributed by atoms with E-state index in [0.717, 1.165) is 5.69 Å². The first-order valence-electron chi connectivity index (χ1n) is 5.54. The molecule has 0 atom stereocenters. The minimum atomic E-state index is -0.753. The van der Waals surface area contributed by atoms with Crippen molar-refractivity contribution in [2.75, 3.05) is 17.7 Å². The van der Waals surface area contributed by atoms with E-state index in [0.29, 0.717) is 5.69 Å². The number of carbonyl (C=O) groups is 2. The monoisotopic (exact) mass is 259 g/mol. The minimum Gasteiger partial charge on any atom is -0.388 e. The lowest BCUT2D eigenvalue weighted by molar-refractivity contribution is 0.0972. The summed E-state index contributed by atoms with van der Waals surface area (Å²) in [5.74, 6) is -1.22. The number of primary amides is 1. The molecule has 0 saturated heterocycles. The maximum Gasteiger partial charge on any atom is 0.274 e. The van der Waals surface area contributed by atoms with Gasteiger partial charge in [-0.1, -0.05) is 0 Å². The van der Waals surface area contributed by atoms with Crippen LogP contribution in [0.25, 0.3) is 0 Å². The molecule has 0 fully saturated rings. The Hall–Kier alpha value is -2.83. The number of aromatic amines is 1. The summed E-state index contributed by atoms with van der Waals surface area (Å²) in [5.41, 5.74) is 6.62. The number of nitrogens with two attached hydrogens (primary N) is 1. The fourth-order valence-corrected chi connectivity index (χ4v) is 1.57. The quantitative estimate of drug-likeness (QED) is 0.650. The van der Waals surface area contributed by atoms with Crippen LogP contribution >= 0.6 is 0 Å². The smallest absolute Gasteiger partial charge is 0.274 e. The highest BCUT2D eigenvalue weighted by molar-refractivity contribution is 6.09. The lowest BCUT2D eigenvalue weighted by Gasteiger charge is -2.05. The van der Waals surface area contributed by atoms with Gasteiger partial charge in [-0.05, 0) is 24.3 Å². The Morgan fingerprint density at radius 3 is 2.42 bits per heavy atom. The second kappa shape index (κ2) is 5.21. The predicted molar refractivity (Wildman–Crippen MR) is 71.0 cm³/mol. The molecule has 1 heterocycles. The van der Waals surface area contributed by atoms with E-state index in [1.165, 1.54) is 6.33 Å². The predicted octanol–water partition coefficient (Wildman–Crippen LogP) is 0.803. The zero-order chi connectivity index (χ0) is 13.8. The molecule has 1 aromatic carbocycles. The van der Waals surface area contributed by atoms with E-state index in [1.807, 2.05) is 12.1 Å². The van der Waals surface area contributed by atoms with Crippen LogP contribution in [0, 0.1) is 0 Å². The maximum absolute atomic E-state index is 11.9. The van der Waals surface area contributed by atoms with Crippen molar-refractivity contribution in [1.29, 1.82) is 0 Å².